The quantitative estimate of drug-likeness (QED) is 0.208. The monoisotopic (exact) mass is 365 g/mol. The molecule has 4 heterocycles. The first-order chi connectivity index (χ1) is 12.3. The molecule has 0 saturated carbocycles. The molecule has 1 fully saturated rings. The SMILES string of the molecule is NC1=N[C@H]2[C@H](CO)N=C(N)N3C[C@H](OC(=O)c4ccc[nH]4)C(O)(O)[C@]23N1. The van der Waals surface area contributed by atoms with Gasteiger partial charge in [0.05, 0.1) is 13.2 Å². The predicted molar refractivity (Wildman–Crippen MR) is 87.6 cm³/mol. The number of carbonyl (C=O) groups is 1. The summed E-state index contributed by atoms with van der Waals surface area (Å²) < 4.78 is 5.30. The number of hydrogen-bond donors (Lipinski definition) is 7. The van der Waals surface area contributed by atoms with Crippen molar-refractivity contribution in [2.24, 2.45) is 21.5 Å². The molecule has 0 aromatic carbocycles. The van der Waals surface area contributed by atoms with Crippen molar-refractivity contribution in [3.63, 3.8) is 0 Å². The molecule has 1 aromatic rings. The number of ether oxygens (including phenoxy) is 1. The molecule has 26 heavy (non-hydrogen) atoms. The molecule has 0 radical (unpaired) electrons. The van der Waals surface area contributed by atoms with E-state index in [0.717, 1.165) is 0 Å². The van der Waals surface area contributed by atoms with Gasteiger partial charge in [-0.2, -0.15) is 0 Å². The molecule has 3 aliphatic heterocycles. The highest BCUT2D eigenvalue weighted by Gasteiger charge is 2.74. The van der Waals surface area contributed by atoms with Gasteiger partial charge in [0.15, 0.2) is 23.7 Å². The van der Waals surface area contributed by atoms with Gasteiger partial charge in [-0.15, -0.1) is 0 Å². The summed E-state index contributed by atoms with van der Waals surface area (Å²) in [5.74, 6) is -3.49. The Morgan fingerprint density at radius 1 is 1.42 bits per heavy atom. The molecule has 12 heteroatoms. The minimum Gasteiger partial charge on any atom is -0.450 e. The Labute approximate surface area is 147 Å². The molecule has 0 bridgehead atoms. The third-order valence-electron chi connectivity index (χ3n) is 5.00. The van der Waals surface area contributed by atoms with E-state index in [2.05, 4.69) is 20.3 Å². The molecule has 9 N–H and O–H groups in total. The van der Waals surface area contributed by atoms with E-state index in [1.165, 1.54) is 17.2 Å². The summed E-state index contributed by atoms with van der Waals surface area (Å²) in [6.07, 6.45) is 0.165. The van der Waals surface area contributed by atoms with Crippen LogP contribution in [0.1, 0.15) is 10.5 Å². The maximum atomic E-state index is 12.2. The lowest BCUT2D eigenvalue weighted by molar-refractivity contribution is -0.257. The van der Waals surface area contributed by atoms with Crippen LogP contribution in [-0.4, -0.2) is 85.9 Å². The number of nitrogens with one attached hydrogen (secondary N) is 2. The van der Waals surface area contributed by atoms with Crippen LogP contribution in [0.2, 0.25) is 0 Å². The summed E-state index contributed by atoms with van der Waals surface area (Å²) in [4.78, 5) is 24.6. The predicted octanol–water partition coefficient (Wildman–Crippen LogP) is -3.79. The van der Waals surface area contributed by atoms with Crippen molar-refractivity contribution < 1.29 is 24.9 Å². The third-order valence-corrected chi connectivity index (χ3v) is 5.00. The van der Waals surface area contributed by atoms with Gasteiger partial charge in [0.25, 0.3) is 0 Å². The number of aliphatic hydroxyl groups excluding tert-OH is 1. The number of rotatable bonds is 3. The number of nitrogens with zero attached hydrogens (tertiary/aromatic N) is 3. The van der Waals surface area contributed by atoms with E-state index in [9.17, 15) is 20.1 Å². The largest absolute Gasteiger partial charge is 0.450 e. The molecular weight excluding hydrogens is 346 g/mol. The molecule has 4 atom stereocenters. The number of aliphatic hydroxyl groups is 3. The highest BCUT2D eigenvalue weighted by atomic mass is 16.6. The first-order valence-corrected chi connectivity index (χ1v) is 7.93. The molecule has 1 spiro atoms. The minimum atomic E-state index is -2.61. The number of aliphatic imine (C=N–C) groups is 2. The number of aromatic amines is 1. The van der Waals surface area contributed by atoms with Crippen LogP contribution in [-0.2, 0) is 4.74 Å². The fraction of sp³-hybridized carbons (Fsp3) is 0.500. The third kappa shape index (κ3) is 1.97. The van der Waals surface area contributed by atoms with E-state index in [4.69, 9.17) is 16.2 Å². The van der Waals surface area contributed by atoms with Gasteiger partial charge < -0.3 is 46.7 Å². The van der Waals surface area contributed by atoms with Gasteiger partial charge in [0.1, 0.15) is 17.8 Å². The van der Waals surface area contributed by atoms with E-state index in [-0.39, 0.29) is 24.2 Å². The van der Waals surface area contributed by atoms with Crippen LogP contribution >= 0.6 is 0 Å². The fourth-order valence-corrected chi connectivity index (χ4v) is 3.82. The topological polar surface area (TPSA) is 195 Å². The second kappa shape index (κ2) is 5.33. The molecule has 3 aliphatic rings. The molecule has 4 rings (SSSR count). The Bertz CT molecular complexity index is 792. The highest BCUT2D eigenvalue weighted by molar-refractivity contribution is 5.89. The van der Waals surface area contributed by atoms with Crippen molar-refractivity contribution in [1.29, 1.82) is 0 Å². The molecule has 12 nitrogen and oxygen atoms in total. The molecule has 0 unspecified atom stereocenters. The first-order valence-electron chi connectivity index (χ1n) is 7.93. The second-order valence-electron chi connectivity index (χ2n) is 6.40. The summed E-state index contributed by atoms with van der Waals surface area (Å²) in [5.41, 5.74) is 10.2. The van der Waals surface area contributed by atoms with Gasteiger partial charge in [0.2, 0.25) is 5.79 Å². The van der Waals surface area contributed by atoms with E-state index < -0.39 is 42.2 Å². The van der Waals surface area contributed by atoms with Gasteiger partial charge in [-0.25, -0.2) is 14.8 Å². The van der Waals surface area contributed by atoms with E-state index in [0.29, 0.717) is 0 Å². The van der Waals surface area contributed by atoms with Crippen molar-refractivity contribution in [2.45, 2.75) is 29.6 Å². The average Bonchev–Trinajstić information content (AvgIpc) is 3.27. The fourth-order valence-electron chi connectivity index (χ4n) is 3.82. The lowest BCUT2D eigenvalue weighted by Gasteiger charge is -2.48. The highest BCUT2D eigenvalue weighted by Crippen LogP contribution is 2.45. The Morgan fingerprint density at radius 2 is 2.19 bits per heavy atom. The number of H-pyrrole nitrogens is 1. The Kier molecular flexibility index (Phi) is 3.41. The zero-order chi connectivity index (χ0) is 18.7. The van der Waals surface area contributed by atoms with Crippen LogP contribution in [0.4, 0.5) is 0 Å². The van der Waals surface area contributed by atoms with Gasteiger partial charge in [-0.05, 0) is 12.1 Å². The molecular formula is C14H19N7O5. The molecule has 1 saturated heterocycles. The summed E-state index contributed by atoms with van der Waals surface area (Å²) in [7, 11) is 0. The minimum absolute atomic E-state index is 0.0522. The summed E-state index contributed by atoms with van der Waals surface area (Å²) in [6, 6.07) is 1.33. The Balaban J connectivity index is 1.71. The average molecular weight is 365 g/mol. The zero-order valence-corrected chi connectivity index (χ0v) is 13.5. The standard InChI is InChI=1S/C14H19N7O5/c15-11-19-9-7(5-22)18-12(16)21-4-8(14(24,25)13(9,21)20-11)26-10(23)6-2-1-3-17-6/h1-3,7-9,17,22,24-25H,4-5H2,(H2,16,18)(H3,15,19,20)/t7-,8-,9-,13-/m0/s1. The molecule has 0 amide bonds. The molecule has 0 aliphatic carbocycles. The Morgan fingerprint density at radius 3 is 2.85 bits per heavy atom. The summed E-state index contributed by atoms with van der Waals surface area (Å²) in [5, 5.41) is 34.2. The molecule has 140 valence electrons. The number of carbonyl (C=O) groups excluding carboxylic acids is 1. The van der Waals surface area contributed by atoms with Crippen LogP contribution in [0.3, 0.4) is 0 Å². The van der Waals surface area contributed by atoms with Crippen LogP contribution in [0.15, 0.2) is 28.3 Å². The van der Waals surface area contributed by atoms with Crippen molar-refractivity contribution >= 4 is 17.9 Å². The van der Waals surface area contributed by atoms with Gasteiger partial charge in [-0.3, -0.25) is 0 Å². The van der Waals surface area contributed by atoms with E-state index in [1.54, 1.807) is 6.07 Å². The van der Waals surface area contributed by atoms with Crippen LogP contribution in [0, 0.1) is 0 Å². The lowest BCUT2D eigenvalue weighted by atomic mass is 9.86. The van der Waals surface area contributed by atoms with E-state index >= 15 is 0 Å². The van der Waals surface area contributed by atoms with Gasteiger partial charge >= 0.3 is 5.97 Å². The number of nitrogens with two attached hydrogens (primary N) is 2. The number of hydrogen-bond acceptors (Lipinski definition) is 11. The second-order valence-corrected chi connectivity index (χ2v) is 6.40. The smallest absolute Gasteiger partial charge is 0.355 e. The van der Waals surface area contributed by atoms with Crippen molar-refractivity contribution in [3.8, 4) is 0 Å². The summed E-state index contributed by atoms with van der Waals surface area (Å²) in [6.45, 7) is -0.582. The van der Waals surface area contributed by atoms with Crippen LogP contribution < -0.4 is 16.8 Å². The van der Waals surface area contributed by atoms with Crippen molar-refractivity contribution in [2.75, 3.05) is 13.2 Å². The maximum absolute atomic E-state index is 12.2. The van der Waals surface area contributed by atoms with Gasteiger partial charge in [0, 0.05) is 6.20 Å². The van der Waals surface area contributed by atoms with Gasteiger partial charge in [-0.1, -0.05) is 0 Å². The Hall–Kier alpha value is -2.83. The normalized spacial score (nSPS) is 34.4. The lowest BCUT2D eigenvalue weighted by Crippen LogP contribution is -2.77. The van der Waals surface area contributed by atoms with Crippen molar-refractivity contribution in [1.82, 2.24) is 15.2 Å². The van der Waals surface area contributed by atoms with Crippen LogP contribution in [0.5, 0.6) is 0 Å². The number of guanidine groups is 2. The maximum Gasteiger partial charge on any atom is 0.355 e. The van der Waals surface area contributed by atoms with Crippen LogP contribution in [0.25, 0.3) is 0 Å². The first kappa shape index (κ1) is 16.6. The van der Waals surface area contributed by atoms with E-state index in [1.807, 2.05) is 0 Å². The molecule has 1 aromatic heterocycles. The van der Waals surface area contributed by atoms with Crippen molar-refractivity contribution in [3.05, 3.63) is 24.0 Å². The zero-order valence-electron chi connectivity index (χ0n) is 13.5. The number of esters is 1. The summed E-state index contributed by atoms with van der Waals surface area (Å²) >= 11 is 0. The number of aromatic nitrogens is 1.